The van der Waals surface area contributed by atoms with Gasteiger partial charge in [-0.05, 0) is 35.9 Å². The number of nitrogens with one attached hydrogen (secondary N) is 2. The smallest absolute Gasteiger partial charge is 0.368 e. The van der Waals surface area contributed by atoms with Crippen molar-refractivity contribution in [2.45, 2.75) is 12.7 Å². The lowest BCUT2D eigenvalue weighted by atomic mass is 10.1. The van der Waals surface area contributed by atoms with Crippen molar-refractivity contribution in [3.05, 3.63) is 82.1 Å². The van der Waals surface area contributed by atoms with E-state index in [1.165, 1.54) is 48.5 Å². The number of rotatable bonds is 7. The van der Waals surface area contributed by atoms with E-state index >= 15 is 0 Å². The maximum atomic E-state index is 13.7. The van der Waals surface area contributed by atoms with Crippen molar-refractivity contribution >= 4 is 29.3 Å². The summed E-state index contributed by atoms with van der Waals surface area (Å²) in [7, 11) is 0. The number of alkyl halides is 3. The summed E-state index contributed by atoms with van der Waals surface area (Å²) in [6.45, 7) is -0.414. The lowest BCUT2D eigenvalue weighted by molar-refractivity contribution is -0.143. The predicted molar refractivity (Wildman–Crippen MR) is 113 cm³/mol. The molecule has 3 aromatic rings. The summed E-state index contributed by atoms with van der Waals surface area (Å²) in [5.74, 6) is -2.19. The van der Waals surface area contributed by atoms with Gasteiger partial charge in [-0.3, -0.25) is 14.4 Å². The van der Waals surface area contributed by atoms with Gasteiger partial charge in [-0.25, -0.2) is 4.68 Å². The van der Waals surface area contributed by atoms with Crippen LogP contribution in [0, 0.1) is 0 Å². The van der Waals surface area contributed by atoms with E-state index in [4.69, 9.17) is 17.3 Å². The van der Waals surface area contributed by atoms with Crippen LogP contribution in [0.2, 0.25) is 5.02 Å². The van der Waals surface area contributed by atoms with Gasteiger partial charge < -0.3 is 16.4 Å². The van der Waals surface area contributed by atoms with Crippen LogP contribution in [0.15, 0.2) is 54.7 Å². The van der Waals surface area contributed by atoms with Crippen molar-refractivity contribution < 1.29 is 27.6 Å². The molecule has 0 radical (unpaired) electrons. The number of amides is 3. The normalized spacial score (nSPS) is 11.2. The molecule has 0 unspecified atom stereocenters. The van der Waals surface area contributed by atoms with E-state index in [0.717, 1.165) is 6.20 Å². The number of nitrogens with zero attached hydrogens (tertiary/aromatic N) is 2. The Morgan fingerprint density at radius 1 is 1.03 bits per heavy atom. The Kier molecular flexibility index (Phi) is 7.02. The summed E-state index contributed by atoms with van der Waals surface area (Å²) in [5.41, 5.74) is 3.91. The van der Waals surface area contributed by atoms with E-state index < -0.39 is 35.2 Å². The highest BCUT2D eigenvalue weighted by atomic mass is 35.5. The van der Waals surface area contributed by atoms with Crippen molar-refractivity contribution in [1.29, 1.82) is 0 Å². The summed E-state index contributed by atoms with van der Waals surface area (Å²) in [5, 5.41) is 8.68. The molecule has 3 amide bonds. The van der Waals surface area contributed by atoms with Crippen molar-refractivity contribution in [3.63, 3.8) is 0 Å². The highest BCUT2D eigenvalue weighted by molar-refractivity contribution is 6.30. The predicted octanol–water partition coefficient (Wildman–Crippen LogP) is 2.69. The summed E-state index contributed by atoms with van der Waals surface area (Å²) < 4.78 is 41.8. The average molecular weight is 480 g/mol. The first-order valence-electron chi connectivity index (χ1n) is 9.41. The molecule has 2 aromatic carbocycles. The maximum absolute atomic E-state index is 13.7. The second kappa shape index (κ2) is 9.74. The molecule has 0 aliphatic heterocycles. The summed E-state index contributed by atoms with van der Waals surface area (Å²) >= 11 is 5.86. The Morgan fingerprint density at radius 3 is 2.33 bits per heavy atom. The Hall–Kier alpha value is -3.86. The van der Waals surface area contributed by atoms with Gasteiger partial charge in [0.1, 0.15) is 0 Å². The van der Waals surface area contributed by atoms with Crippen LogP contribution in [0.5, 0.6) is 0 Å². The van der Waals surface area contributed by atoms with Gasteiger partial charge in [-0.15, -0.1) is 0 Å². The van der Waals surface area contributed by atoms with Crippen LogP contribution < -0.4 is 16.4 Å². The minimum absolute atomic E-state index is 0.0547. The highest BCUT2D eigenvalue weighted by Gasteiger charge is 2.40. The van der Waals surface area contributed by atoms with Crippen molar-refractivity contribution in [1.82, 2.24) is 20.4 Å². The van der Waals surface area contributed by atoms with Crippen LogP contribution in [-0.2, 0) is 17.5 Å². The van der Waals surface area contributed by atoms with E-state index in [1.807, 2.05) is 0 Å². The Balaban J connectivity index is 1.74. The SMILES string of the molecule is NC(=O)CNC(=O)c1ccc(CNC(=O)c2cnn(-c3cccc(Cl)c3)c2C(F)(F)F)cc1. The first kappa shape index (κ1) is 23.8. The molecule has 0 aliphatic rings. The number of hydrogen-bond donors (Lipinski definition) is 3. The Labute approximate surface area is 190 Å². The molecule has 12 heteroatoms. The van der Waals surface area contributed by atoms with E-state index in [1.54, 1.807) is 0 Å². The quantitative estimate of drug-likeness (QED) is 0.482. The van der Waals surface area contributed by atoms with Gasteiger partial charge in [-0.1, -0.05) is 29.8 Å². The maximum Gasteiger partial charge on any atom is 0.434 e. The molecule has 0 aliphatic carbocycles. The van der Waals surface area contributed by atoms with Gasteiger partial charge in [-0.2, -0.15) is 18.3 Å². The number of halogens is 4. The van der Waals surface area contributed by atoms with E-state index in [-0.39, 0.29) is 29.4 Å². The first-order chi connectivity index (χ1) is 15.6. The molecule has 0 fully saturated rings. The van der Waals surface area contributed by atoms with Gasteiger partial charge >= 0.3 is 6.18 Å². The second-order valence-corrected chi connectivity index (χ2v) is 7.26. The minimum atomic E-state index is -4.86. The molecule has 4 N–H and O–H groups in total. The molecular formula is C21H17ClF3N5O3. The average Bonchev–Trinajstić information content (AvgIpc) is 3.22. The molecule has 8 nitrogen and oxygen atoms in total. The lowest BCUT2D eigenvalue weighted by Gasteiger charge is -2.13. The van der Waals surface area contributed by atoms with Crippen LogP contribution in [0.3, 0.4) is 0 Å². The molecule has 33 heavy (non-hydrogen) atoms. The summed E-state index contributed by atoms with van der Waals surface area (Å²) in [4.78, 5) is 35.1. The number of carbonyl (C=O) groups excluding carboxylic acids is 3. The van der Waals surface area contributed by atoms with Gasteiger partial charge in [0.25, 0.3) is 11.8 Å². The standard InChI is InChI=1S/C21H17ClF3N5O3/c22-14-2-1-3-15(8-14)30-18(21(23,24)25)16(10-29-30)20(33)27-9-12-4-6-13(7-5-12)19(32)28-11-17(26)31/h1-8,10H,9,11H2,(H2,26,31)(H,27,33)(H,28,32). The van der Waals surface area contributed by atoms with Crippen LogP contribution in [0.1, 0.15) is 32.0 Å². The minimum Gasteiger partial charge on any atom is -0.368 e. The van der Waals surface area contributed by atoms with Crippen molar-refractivity contribution in [2.75, 3.05) is 6.54 Å². The molecule has 0 atom stereocenters. The Morgan fingerprint density at radius 2 is 1.73 bits per heavy atom. The molecule has 172 valence electrons. The fourth-order valence-electron chi connectivity index (χ4n) is 2.91. The third-order valence-corrected chi connectivity index (χ3v) is 4.66. The molecule has 0 spiro atoms. The largest absolute Gasteiger partial charge is 0.434 e. The highest BCUT2D eigenvalue weighted by Crippen LogP contribution is 2.34. The fourth-order valence-corrected chi connectivity index (χ4v) is 3.10. The molecule has 1 heterocycles. The zero-order chi connectivity index (χ0) is 24.2. The molecular weight excluding hydrogens is 463 g/mol. The molecule has 1 aromatic heterocycles. The van der Waals surface area contributed by atoms with E-state index in [9.17, 15) is 27.6 Å². The number of primary amides is 1. The van der Waals surface area contributed by atoms with E-state index in [2.05, 4.69) is 15.7 Å². The lowest BCUT2D eigenvalue weighted by Crippen LogP contribution is -2.33. The van der Waals surface area contributed by atoms with Gasteiger partial charge in [0, 0.05) is 17.1 Å². The summed E-state index contributed by atoms with van der Waals surface area (Å²) in [6, 6.07) is 11.6. The van der Waals surface area contributed by atoms with Crippen LogP contribution in [-0.4, -0.2) is 34.0 Å². The van der Waals surface area contributed by atoms with Gasteiger partial charge in [0.05, 0.1) is 24.0 Å². The van der Waals surface area contributed by atoms with E-state index in [0.29, 0.717) is 10.2 Å². The first-order valence-corrected chi connectivity index (χ1v) is 9.79. The molecule has 0 bridgehead atoms. The Bertz CT molecular complexity index is 1190. The fraction of sp³-hybridized carbons (Fsp3) is 0.143. The number of nitrogens with two attached hydrogens (primary N) is 1. The zero-order valence-corrected chi connectivity index (χ0v) is 17.6. The third kappa shape index (κ3) is 5.89. The number of carbonyl (C=O) groups is 3. The third-order valence-electron chi connectivity index (χ3n) is 4.43. The van der Waals surface area contributed by atoms with Crippen LogP contribution >= 0.6 is 11.6 Å². The monoisotopic (exact) mass is 479 g/mol. The number of benzene rings is 2. The van der Waals surface area contributed by atoms with Gasteiger partial charge in [0.15, 0.2) is 5.69 Å². The molecule has 3 rings (SSSR count). The van der Waals surface area contributed by atoms with Crippen LogP contribution in [0.4, 0.5) is 13.2 Å². The summed E-state index contributed by atoms with van der Waals surface area (Å²) in [6.07, 6.45) is -4.02. The van der Waals surface area contributed by atoms with Crippen LogP contribution in [0.25, 0.3) is 5.69 Å². The second-order valence-electron chi connectivity index (χ2n) is 6.82. The van der Waals surface area contributed by atoms with Gasteiger partial charge in [0.2, 0.25) is 5.91 Å². The molecule has 0 saturated heterocycles. The molecule has 0 saturated carbocycles. The number of aromatic nitrogens is 2. The zero-order valence-electron chi connectivity index (χ0n) is 16.8. The number of hydrogen-bond acceptors (Lipinski definition) is 4. The topological polar surface area (TPSA) is 119 Å². The van der Waals surface area contributed by atoms with Crippen molar-refractivity contribution in [3.8, 4) is 5.69 Å². The van der Waals surface area contributed by atoms with Crippen molar-refractivity contribution in [2.24, 2.45) is 5.73 Å².